The molecule has 16 heavy (non-hydrogen) atoms. The van der Waals surface area contributed by atoms with E-state index < -0.39 is 0 Å². The van der Waals surface area contributed by atoms with Crippen molar-refractivity contribution in [1.29, 1.82) is 0 Å². The fraction of sp³-hybridized carbons (Fsp3) is 0.875. The van der Waals surface area contributed by atoms with Gasteiger partial charge < -0.3 is 0 Å². The van der Waals surface area contributed by atoms with Gasteiger partial charge in [-0.1, -0.05) is 86.0 Å². The van der Waals surface area contributed by atoms with E-state index in [0.717, 1.165) is 5.92 Å². The quantitative estimate of drug-likeness (QED) is 0.477. The lowest BCUT2D eigenvalue weighted by atomic mass is 10.0. The fourth-order valence-corrected chi connectivity index (χ4v) is 0.604. The van der Waals surface area contributed by atoms with Crippen LogP contribution in [0, 0.1) is 5.92 Å². The van der Waals surface area contributed by atoms with Crippen molar-refractivity contribution < 1.29 is 0 Å². The molecule has 0 aromatic rings. The smallest absolute Gasteiger partial charge is 0.0474 e. The maximum absolute atomic E-state index is 3.00. The largest absolute Gasteiger partial charge is 0.106 e. The molecule has 0 unspecified atom stereocenters. The molecule has 0 atom stereocenters. The standard InChI is InChI=1S/2C5H12.C4H8.C2H4/c1-4-5(2)3;1-3-5-4-2;1-2-4-3-1;1-2/h5H,4H2,1-3H3;3-5H2,1-2H3;1-4H2;1-2H2. The van der Waals surface area contributed by atoms with E-state index in [1.54, 1.807) is 0 Å². The maximum Gasteiger partial charge on any atom is -0.0474 e. The van der Waals surface area contributed by atoms with Crippen molar-refractivity contribution >= 4 is 0 Å². The molecular weight excluding hydrogens is 192 g/mol. The summed E-state index contributed by atoms with van der Waals surface area (Å²) in [6.07, 6.45) is 11.4. The summed E-state index contributed by atoms with van der Waals surface area (Å²) >= 11 is 0. The molecule has 0 bridgehead atoms. The van der Waals surface area contributed by atoms with Crippen molar-refractivity contribution in [3.8, 4) is 0 Å². The maximum atomic E-state index is 3.00. The second-order valence-corrected chi connectivity index (χ2v) is 4.57. The minimum absolute atomic E-state index is 0.884. The molecule has 1 aliphatic carbocycles. The first-order chi connectivity index (χ1) is 7.68. The summed E-state index contributed by atoms with van der Waals surface area (Å²) in [5.41, 5.74) is 0. The summed E-state index contributed by atoms with van der Waals surface area (Å²) in [5, 5.41) is 0. The summed E-state index contributed by atoms with van der Waals surface area (Å²) in [4.78, 5) is 0. The molecule has 1 aliphatic rings. The Balaban J connectivity index is -0.000000147. The van der Waals surface area contributed by atoms with E-state index >= 15 is 0 Å². The van der Waals surface area contributed by atoms with Gasteiger partial charge in [-0.15, -0.1) is 13.2 Å². The number of unbranched alkanes of at least 4 members (excludes halogenated alkanes) is 2. The first kappa shape index (κ1) is 21.1. The van der Waals surface area contributed by atoms with Gasteiger partial charge >= 0.3 is 0 Å². The third-order valence-electron chi connectivity index (χ3n) is 2.52. The van der Waals surface area contributed by atoms with Crippen LogP contribution in [-0.2, 0) is 0 Å². The van der Waals surface area contributed by atoms with Crippen LogP contribution >= 0.6 is 0 Å². The lowest BCUT2D eigenvalue weighted by molar-refractivity contribution is 0.504. The van der Waals surface area contributed by atoms with Gasteiger partial charge in [0.2, 0.25) is 0 Å². The Bertz CT molecular complexity index is 74.0. The second-order valence-electron chi connectivity index (χ2n) is 4.57. The van der Waals surface area contributed by atoms with E-state index in [1.807, 2.05) is 0 Å². The van der Waals surface area contributed by atoms with Gasteiger partial charge in [0.25, 0.3) is 0 Å². The Morgan fingerprint density at radius 1 is 0.812 bits per heavy atom. The summed E-state index contributed by atoms with van der Waals surface area (Å²) < 4.78 is 0. The van der Waals surface area contributed by atoms with Crippen molar-refractivity contribution in [2.75, 3.05) is 0 Å². The molecule has 0 aromatic carbocycles. The van der Waals surface area contributed by atoms with E-state index in [9.17, 15) is 0 Å². The zero-order chi connectivity index (χ0) is 13.2. The highest BCUT2D eigenvalue weighted by molar-refractivity contribution is 4.50. The van der Waals surface area contributed by atoms with Gasteiger partial charge in [-0.2, -0.15) is 0 Å². The zero-order valence-corrected chi connectivity index (χ0v) is 12.6. The van der Waals surface area contributed by atoms with E-state index in [2.05, 4.69) is 47.8 Å². The molecule has 0 saturated heterocycles. The molecule has 1 fully saturated rings. The highest BCUT2D eigenvalue weighted by Crippen LogP contribution is 2.15. The Morgan fingerprint density at radius 2 is 1.06 bits per heavy atom. The molecular formula is C16H36. The highest BCUT2D eigenvalue weighted by atomic mass is 14.0. The van der Waals surface area contributed by atoms with E-state index in [1.165, 1.54) is 51.4 Å². The van der Waals surface area contributed by atoms with Crippen LogP contribution in [-0.4, -0.2) is 0 Å². The van der Waals surface area contributed by atoms with Crippen molar-refractivity contribution in [3.05, 3.63) is 13.2 Å². The van der Waals surface area contributed by atoms with Crippen molar-refractivity contribution in [1.82, 2.24) is 0 Å². The van der Waals surface area contributed by atoms with Crippen LogP contribution in [0.1, 0.15) is 86.0 Å². The van der Waals surface area contributed by atoms with Gasteiger partial charge in [-0.25, -0.2) is 0 Å². The first-order valence-electron chi connectivity index (χ1n) is 7.18. The predicted octanol–water partition coefficient (Wildman–Crippen LogP) is 6.61. The lowest BCUT2D eigenvalue weighted by Gasteiger charge is -2.05. The normalized spacial score (nSPS) is 11.9. The average molecular weight is 228 g/mol. The Labute approximate surface area is 106 Å². The minimum Gasteiger partial charge on any atom is -0.106 e. The number of hydrogen-bond donors (Lipinski definition) is 0. The van der Waals surface area contributed by atoms with Crippen LogP contribution in [0.3, 0.4) is 0 Å². The molecule has 0 heteroatoms. The monoisotopic (exact) mass is 228 g/mol. The fourth-order valence-electron chi connectivity index (χ4n) is 0.604. The molecule has 1 saturated carbocycles. The van der Waals surface area contributed by atoms with Gasteiger partial charge in [0.15, 0.2) is 0 Å². The topological polar surface area (TPSA) is 0 Å². The molecule has 0 aliphatic heterocycles. The first-order valence-corrected chi connectivity index (χ1v) is 7.18. The Morgan fingerprint density at radius 3 is 1.06 bits per heavy atom. The van der Waals surface area contributed by atoms with E-state index in [-0.39, 0.29) is 0 Å². The second kappa shape index (κ2) is 24.1. The molecule has 0 aromatic heterocycles. The molecule has 100 valence electrons. The van der Waals surface area contributed by atoms with Crippen LogP contribution in [0.2, 0.25) is 0 Å². The highest BCUT2D eigenvalue weighted by Gasteiger charge is 1.95. The summed E-state index contributed by atoms with van der Waals surface area (Å²) in [5.74, 6) is 0.884. The van der Waals surface area contributed by atoms with Gasteiger partial charge in [0.05, 0.1) is 0 Å². The van der Waals surface area contributed by atoms with Gasteiger partial charge in [-0.3, -0.25) is 0 Å². The van der Waals surface area contributed by atoms with Crippen molar-refractivity contribution in [3.63, 3.8) is 0 Å². The molecule has 0 heterocycles. The molecule has 0 nitrogen and oxygen atoms in total. The molecule has 0 spiro atoms. The average Bonchev–Trinajstić information content (AvgIpc) is 2.20. The van der Waals surface area contributed by atoms with Crippen LogP contribution < -0.4 is 0 Å². The van der Waals surface area contributed by atoms with E-state index in [0.29, 0.717) is 0 Å². The van der Waals surface area contributed by atoms with Crippen LogP contribution in [0.5, 0.6) is 0 Å². The van der Waals surface area contributed by atoms with Crippen molar-refractivity contribution in [2.45, 2.75) is 86.0 Å². The summed E-state index contributed by atoms with van der Waals surface area (Å²) in [7, 11) is 0. The Kier molecular flexibility index (Phi) is 31.8. The zero-order valence-electron chi connectivity index (χ0n) is 12.6. The molecule has 0 amide bonds. The van der Waals surface area contributed by atoms with Crippen LogP contribution in [0.15, 0.2) is 13.2 Å². The van der Waals surface area contributed by atoms with E-state index in [4.69, 9.17) is 0 Å². The molecule has 1 rings (SSSR count). The van der Waals surface area contributed by atoms with Gasteiger partial charge in [0, 0.05) is 0 Å². The SMILES string of the molecule is C1CCC1.C=C.CCC(C)C.CCCCC. The third kappa shape index (κ3) is 37.2. The van der Waals surface area contributed by atoms with Crippen LogP contribution in [0.4, 0.5) is 0 Å². The lowest BCUT2D eigenvalue weighted by Crippen LogP contribution is -1.85. The Hall–Kier alpha value is -0.260. The van der Waals surface area contributed by atoms with Crippen molar-refractivity contribution in [2.24, 2.45) is 5.92 Å². The third-order valence-corrected chi connectivity index (χ3v) is 2.52. The van der Waals surface area contributed by atoms with Gasteiger partial charge in [0.1, 0.15) is 0 Å². The minimum atomic E-state index is 0.884. The molecule has 0 N–H and O–H groups in total. The molecule has 0 radical (unpaired) electrons. The number of hydrogen-bond acceptors (Lipinski definition) is 0. The van der Waals surface area contributed by atoms with Gasteiger partial charge in [-0.05, 0) is 5.92 Å². The summed E-state index contributed by atoms with van der Waals surface area (Å²) in [6.45, 7) is 17.1. The number of rotatable bonds is 3. The predicted molar refractivity (Wildman–Crippen MR) is 80.1 cm³/mol. The summed E-state index contributed by atoms with van der Waals surface area (Å²) in [6, 6.07) is 0. The van der Waals surface area contributed by atoms with Crippen LogP contribution in [0.25, 0.3) is 0 Å².